The number of rotatable bonds is 4. The summed E-state index contributed by atoms with van der Waals surface area (Å²) in [5.74, 6) is 0. The van der Waals surface area contributed by atoms with Crippen molar-refractivity contribution in [1.82, 2.24) is 0 Å². The number of aliphatic imine (C=N–C) groups is 1. The van der Waals surface area contributed by atoms with Crippen molar-refractivity contribution in [2.75, 3.05) is 5.32 Å². The van der Waals surface area contributed by atoms with Crippen molar-refractivity contribution >= 4 is 85.1 Å². The minimum atomic E-state index is 0. The molecule has 0 aliphatic heterocycles. The van der Waals surface area contributed by atoms with Crippen molar-refractivity contribution in [2.45, 2.75) is 0 Å². The minimum Gasteiger partial charge on any atom is -0.362 e. The van der Waals surface area contributed by atoms with Crippen LogP contribution in [0.4, 0.5) is 11.4 Å². The fraction of sp³-hybridized carbons (Fsp3) is 0. The lowest BCUT2D eigenvalue weighted by atomic mass is 10.3. The molecule has 22 heavy (non-hydrogen) atoms. The first-order valence-corrected chi connectivity index (χ1v) is 8.26. The molecule has 1 N–H and O–H groups in total. The summed E-state index contributed by atoms with van der Waals surface area (Å²) in [4.78, 5) is 4.28. The lowest BCUT2D eigenvalue weighted by Crippen LogP contribution is -1.87. The SMILES string of the molecule is Cl.Clc1cc(N=C/C=C/Nc2ccc(Br)c(Cl)c2)ccc1Br. The van der Waals surface area contributed by atoms with Gasteiger partial charge in [0.15, 0.2) is 0 Å². The number of hydrogen-bond acceptors (Lipinski definition) is 2. The Balaban J connectivity index is 0.00000242. The Bertz CT molecular complexity index is 703. The Morgan fingerprint density at radius 3 is 2.23 bits per heavy atom. The first kappa shape index (κ1) is 19.5. The Morgan fingerprint density at radius 1 is 0.955 bits per heavy atom. The van der Waals surface area contributed by atoms with Gasteiger partial charge in [0.05, 0.1) is 15.7 Å². The second kappa shape index (κ2) is 9.58. The third kappa shape index (κ3) is 5.94. The third-order valence-corrected chi connectivity index (χ3v) is 4.94. The summed E-state index contributed by atoms with van der Waals surface area (Å²) in [6, 6.07) is 11.2. The predicted octanol–water partition coefficient (Wildman–Crippen LogP) is 7.27. The zero-order chi connectivity index (χ0) is 15.2. The van der Waals surface area contributed by atoms with Crippen LogP contribution in [0.1, 0.15) is 0 Å². The molecule has 0 aliphatic carbocycles. The lowest BCUT2D eigenvalue weighted by molar-refractivity contribution is 1.52. The average Bonchev–Trinajstić information content (AvgIpc) is 2.46. The number of nitrogens with one attached hydrogen (secondary N) is 1. The summed E-state index contributed by atoms with van der Waals surface area (Å²) in [6.07, 6.45) is 5.27. The molecule has 116 valence electrons. The van der Waals surface area contributed by atoms with E-state index in [9.17, 15) is 0 Å². The summed E-state index contributed by atoms with van der Waals surface area (Å²) in [6.45, 7) is 0. The van der Waals surface area contributed by atoms with Crippen LogP contribution in [0.2, 0.25) is 10.0 Å². The first-order valence-electron chi connectivity index (χ1n) is 5.92. The van der Waals surface area contributed by atoms with Gasteiger partial charge in [0.25, 0.3) is 0 Å². The van der Waals surface area contributed by atoms with Crippen LogP contribution in [0.25, 0.3) is 0 Å². The molecule has 0 bridgehead atoms. The highest BCUT2D eigenvalue weighted by Gasteiger charge is 1.97. The van der Waals surface area contributed by atoms with Gasteiger partial charge in [-0.15, -0.1) is 12.4 Å². The standard InChI is InChI=1S/C15H10Br2Cl2N2.ClH/c16-12-4-2-10(8-14(12)18)20-6-1-7-21-11-3-5-13(17)15(19)9-11;/h1-9,20H;1H/b6-1+,21-7?;. The summed E-state index contributed by atoms with van der Waals surface area (Å²) in [5, 5.41) is 4.40. The molecule has 2 aromatic carbocycles. The van der Waals surface area contributed by atoms with Crippen molar-refractivity contribution in [3.63, 3.8) is 0 Å². The van der Waals surface area contributed by atoms with E-state index in [0.29, 0.717) is 10.0 Å². The van der Waals surface area contributed by atoms with Crippen LogP contribution in [0, 0.1) is 0 Å². The van der Waals surface area contributed by atoms with Crippen LogP contribution in [-0.2, 0) is 0 Å². The van der Waals surface area contributed by atoms with Crippen LogP contribution in [-0.4, -0.2) is 6.21 Å². The minimum absolute atomic E-state index is 0. The molecule has 0 aromatic heterocycles. The molecule has 0 saturated heterocycles. The molecular formula is C15H11Br2Cl3N2. The second-order valence-corrected chi connectivity index (χ2v) is 6.53. The monoisotopic (exact) mass is 482 g/mol. The smallest absolute Gasteiger partial charge is 0.0645 e. The van der Waals surface area contributed by atoms with Crippen molar-refractivity contribution < 1.29 is 0 Å². The Kier molecular flexibility index (Phi) is 8.50. The maximum Gasteiger partial charge on any atom is 0.0645 e. The van der Waals surface area contributed by atoms with Crippen LogP contribution in [0.3, 0.4) is 0 Å². The predicted molar refractivity (Wildman–Crippen MR) is 106 cm³/mol. The van der Waals surface area contributed by atoms with Gasteiger partial charge >= 0.3 is 0 Å². The second-order valence-electron chi connectivity index (χ2n) is 4.01. The van der Waals surface area contributed by atoms with E-state index in [-0.39, 0.29) is 12.4 Å². The highest BCUT2D eigenvalue weighted by atomic mass is 79.9. The molecule has 2 aromatic rings. The largest absolute Gasteiger partial charge is 0.362 e. The number of halogens is 5. The molecule has 2 rings (SSSR count). The molecule has 7 heteroatoms. The number of allylic oxidation sites excluding steroid dienone is 1. The quantitative estimate of drug-likeness (QED) is 0.453. The van der Waals surface area contributed by atoms with Crippen LogP contribution < -0.4 is 5.32 Å². The number of nitrogens with zero attached hydrogens (tertiary/aromatic N) is 1. The number of benzene rings is 2. The van der Waals surface area contributed by atoms with Gasteiger partial charge in [0, 0.05) is 27.0 Å². The van der Waals surface area contributed by atoms with E-state index in [1.165, 1.54) is 0 Å². The Morgan fingerprint density at radius 2 is 1.59 bits per heavy atom. The molecule has 0 saturated carbocycles. The van der Waals surface area contributed by atoms with Gasteiger partial charge in [0.2, 0.25) is 0 Å². The van der Waals surface area contributed by atoms with E-state index in [1.54, 1.807) is 24.6 Å². The maximum absolute atomic E-state index is 6.01. The topological polar surface area (TPSA) is 24.4 Å². The molecule has 0 unspecified atom stereocenters. The van der Waals surface area contributed by atoms with Crippen molar-refractivity contribution in [2.24, 2.45) is 4.99 Å². The highest BCUT2D eigenvalue weighted by molar-refractivity contribution is 9.10. The number of hydrogen-bond donors (Lipinski definition) is 1. The zero-order valence-corrected chi connectivity index (χ0v) is 16.6. The fourth-order valence-corrected chi connectivity index (χ4v) is 2.32. The van der Waals surface area contributed by atoms with E-state index in [1.807, 2.05) is 30.3 Å². The molecule has 0 amide bonds. The van der Waals surface area contributed by atoms with Crippen LogP contribution in [0.5, 0.6) is 0 Å². The molecule has 0 heterocycles. The molecule has 0 spiro atoms. The van der Waals surface area contributed by atoms with E-state index in [0.717, 1.165) is 20.3 Å². The normalized spacial score (nSPS) is 10.9. The van der Waals surface area contributed by atoms with Crippen LogP contribution >= 0.6 is 67.5 Å². The van der Waals surface area contributed by atoms with Gasteiger partial charge in [-0.05, 0) is 74.3 Å². The summed E-state index contributed by atoms with van der Waals surface area (Å²) < 4.78 is 1.72. The molecule has 0 atom stereocenters. The van der Waals surface area contributed by atoms with E-state index in [4.69, 9.17) is 23.2 Å². The van der Waals surface area contributed by atoms with Gasteiger partial charge in [-0.3, -0.25) is 4.99 Å². The zero-order valence-electron chi connectivity index (χ0n) is 11.1. The number of anilines is 1. The van der Waals surface area contributed by atoms with Gasteiger partial charge in [0.1, 0.15) is 0 Å². The summed E-state index contributed by atoms with van der Waals surface area (Å²) >= 11 is 18.7. The lowest BCUT2D eigenvalue weighted by Gasteiger charge is -2.01. The summed E-state index contributed by atoms with van der Waals surface area (Å²) in [7, 11) is 0. The molecule has 0 radical (unpaired) electrons. The highest BCUT2D eigenvalue weighted by Crippen LogP contribution is 2.27. The Hall–Kier alpha value is -0.520. The van der Waals surface area contributed by atoms with Crippen molar-refractivity contribution in [1.29, 1.82) is 0 Å². The van der Waals surface area contributed by atoms with E-state index >= 15 is 0 Å². The molecule has 2 nitrogen and oxygen atoms in total. The van der Waals surface area contributed by atoms with Crippen molar-refractivity contribution in [3.05, 3.63) is 67.7 Å². The molecular weight excluding hydrogens is 474 g/mol. The third-order valence-electron chi connectivity index (χ3n) is 2.48. The first-order chi connectivity index (χ1) is 10.1. The van der Waals surface area contributed by atoms with Gasteiger partial charge in [-0.1, -0.05) is 23.2 Å². The van der Waals surface area contributed by atoms with Crippen LogP contribution in [0.15, 0.2) is 62.6 Å². The maximum atomic E-state index is 6.01. The average molecular weight is 485 g/mol. The Labute approximate surface area is 162 Å². The van der Waals surface area contributed by atoms with E-state index in [2.05, 4.69) is 42.2 Å². The fourth-order valence-electron chi connectivity index (χ4n) is 1.47. The van der Waals surface area contributed by atoms with Gasteiger partial charge < -0.3 is 5.32 Å². The summed E-state index contributed by atoms with van der Waals surface area (Å²) in [5.41, 5.74) is 1.69. The van der Waals surface area contributed by atoms with Gasteiger partial charge in [-0.2, -0.15) is 0 Å². The molecule has 0 fully saturated rings. The van der Waals surface area contributed by atoms with Gasteiger partial charge in [-0.25, -0.2) is 0 Å². The van der Waals surface area contributed by atoms with Crippen molar-refractivity contribution in [3.8, 4) is 0 Å². The van der Waals surface area contributed by atoms with E-state index < -0.39 is 0 Å². The molecule has 0 aliphatic rings.